The number of thiazole rings is 1. The molecule has 1 atom stereocenters. The molecule has 0 aliphatic carbocycles. The molecule has 1 saturated heterocycles. The van der Waals surface area contributed by atoms with E-state index in [4.69, 9.17) is 9.15 Å². The fourth-order valence-corrected chi connectivity index (χ4v) is 4.89. The van der Waals surface area contributed by atoms with Gasteiger partial charge >= 0.3 is 6.09 Å². The summed E-state index contributed by atoms with van der Waals surface area (Å²) in [6.45, 7) is 10.8. The third kappa shape index (κ3) is 7.06. The smallest absolute Gasteiger partial charge is 0.410 e. The molecule has 2 aromatic heterocycles. The number of hydrogen-bond acceptors (Lipinski definition) is 8. The Morgan fingerprint density at radius 1 is 1.31 bits per heavy atom. The van der Waals surface area contributed by atoms with Gasteiger partial charge in [0.25, 0.3) is 5.92 Å². The summed E-state index contributed by atoms with van der Waals surface area (Å²) in [4.78, 5) is 22.0. The van der Waals surface area contributed by atoms with Gasteiger partial charge in [0.1, 0.15) is 11.4 Å². The number of rotatable bonds is 5. The topological polar surface area (TPSA) is 80.5 Å². The maximum atomic E-state index is 14.3. The van der Waals surface area contributed by atoms with Crippen LogP contribution in [0.25, 0.3) is 0 Å². The molecule has 2 aromatic rings. The zero-order valence-corrected chi connectivity index (χ0v) is 20.8. The Hall–Kier alpha value is -1.88. The number of anilines is 1. The Kier molecular flexibility index (Phi) is 7.09. The lowest BCUT2D eigenvalue weighted by atomic mass is 9.94. The molecule has 1 fully saturated rings. The van der Waals surface area contributed by atoms with Crippen LogP contribution < -0.4 is 5.32 Å². The van der Waals surface area contributed by atoms with E-state index < -0.39 is 30.2 Å². The number of carbonyl (C=O) groups is 1. The second-order valence-electron chi connectivity index (χ2n) is 9.90. The van der Waals surface area contributed by atoms with E-state index in [-0.39, 0.29) is 18.4 Å². The predicted molar refractivity (Wildman–Crippen MR) is 122 cm³/mol. The van der Waals surface area contributed by atoms with Crippen LogP contribution in [0.4, 0.5) is 18.7 Å². The molecule has 0 radical (unpaired) electrons. The lowest BCUT2D eigenvalue weighted by Crippen LogP contribution is -2.54. The Morgan fingerprint density at radius 2 is 2.03 bits per heavy atom. The van der Waals surface area contributed by atoms with Crippen LogP contribution in [0.1, 0.15) is 59.6 Å². The quantitative estimate of drug-likeness (QED) is 0.535. The van der Waals surface area contributed by atoms with Crippen LogP contribution in [0.5, 0.6) is 0 Å². The van der Waals surface area contributed by atoms with E-state index in [2.05, 4.69) is 36.1 Å². The number of ether oxygens (including phenoxy) is 1. The number of nitrogens with zero attached hydrogens (tertiary/aromatic N) is 3. The minimum Gasteiger partial charge on any atom is -0.444 e. The average molecular weight is 489 g/mol. The van der Waals surface area contributed by atoms with Crippen LogP contribution in [-0.4, -0.2) is 51.6 Å². The van der Waals surface area contributed by atoms with Gasteiger partial charge in [-0.25, -0.2) is 23.5 Å². The first kappa shape index (κ1) is 24.8. The second kappa shape index (κ2) is 9.17. The van der Waals surface area contributed by atoms with Gasteiger partial charge in [0.05, 0.1) is 34.9 Å². The van der Waals surface area contributed by atoms with E-state index in [1.807, 2.05) is 0 Å². The number of hydrogen-bond donors (Lipinski definition) is 1. The van der Waals surface area contributed by atoms with Crippen molar-refractivity contribution in [2.24, 2.45) is 0 Å². The van der Waals surface area contributed by atoms with Crippen LogP contribution in [0, 0.1) is 0 Å². The van der Waals surface area contributed by atoms with Gasteiger partial charge < -0.3 is 19.4 Å². The molecule has 3 heterocycles. The number of alkyl halides is 2. The highest BCUT2D eigenvalue weighted by molar-refractivity contribution is 8.00. The van der Waals surface area contributed by atoms with Gasteiger partial charge in [-0.2, -0.15) is 0 Å². The second-order valence-corrected chi connectivity index (χ2v) is 12.2. The number of carbonyl (C=O) groups excluding carboxylic acids is 1. The SMILES string of the molecule is CC(C)(C)OC(=O)N1CC(Nc2ncc(SCc3ncc(C(C)(C)C)o3)s2)CC(F)(F)C1. The van der Waals surface area contributed by atoms with Gasteiger partial charge in [-0.05, 0) is 20.8 Å². The molecule has 7 nitrogen and oxygen atoms in total. The standard InChI is InChI=1S/C21H30F2N4O3S2/c1-19(2,3)14-8-24-15(29-14)11-31-16-9-25-17(32-16)26-13-7-21(22,23)12-27(10-13)18(28)30-20(4,5)6/h8-9,13H,7,10-12H2,1-6H3,(H,25,26). The Balaban J connectivity index is 1.57. The van der Waals surface area contributed by atoms with Crippen molar-refractivity contribution < 1.29 is 22.7 Å². The molecule has 32 heavy (non-hydrogen) atoms. The van der Waals surface area contributed by atoms with Gasteiger partial charge in [-0.1, -0.05) is 32.1 Å². The van der Waals surface area contributed by atoms with Crippen LogP contribution in [0.3, 0.4) is 0 Å². The van der Waals surface area contributed by atoms with Crippen molar-refractivity contribution in [1.82, 2.24) is 14.9 Å². The minimum absolute atomic E-state index is 0.104. The third-order valence-electron chi connectivity index (χ3n) is 4.50. The first-order chi connectivity index (χ1) is 14.7. The van der Waals surface area contributed by atoms with E-state index in [1.54, 1.807) is 33.2 Å². The zero-order chi connectivity index (χ0) is 23.7. The number of piperidine rings is 1. The van der Waals surface area contributed by atoms with Crippen molar-refractivity contribution in [3.63, 3.8) is 0 Å². The molecule has 3 rings (SSSR count). The molecule has 1 aliphatic heterocycles. The number of nitrogens with one attached hydrogen (secondary N) is 1. The number of amides is 1. The molecule has 1 aliphatic rings. The fourth-order valence-electron chi connectivity index (χ4n) is 3.09. The van der Waals surface area contributed by atoms with Crippen molar-refractivity contribution in [3.8, 4) is 0 Å². The van der Waals surface area contributed by atoms with E-state index in [0.29, 0.717) is 16.8 Å². The number of likely N-dealkylation sites (tertiary alicyclic amines) is 1. The Labute approximate surface area is 195 Å². The van der Waals surface area contributed by atoms with E-state index in [1.165, 1.54) is 23.1 Å². The van der Waals surface area contributed by atoms with Crippen molar-refractivity contribution >= 4 is 34.3 Å². The van der Waals surface area contributed by atoms with E-state index in [0.717, 1.165) is 14.9 Å². The summed E-state index contributed by atoms with van der Waals surface area (Å²) in [5.41, 5.74) is -0.850. The molecule has 178 valence electrons. The highest BCUT2D eigenvalue weighted by atomic mass is 32.2. The van der Waals surface area contributed by atoms with E-state index in [9.17, 15) is 13.6 Å². The minimum atomic E-state index is -3.00. The normalized spacial score (nSPS) is 19.1. The molecule has 0 spiro atoms. The Bertz CT molecular complexity index is 934. The molecule has 1 N–H and O–H groups in total. The van der Waals surface area contributed by atoms with Crippen LogP contribution in [0.2, 0.25) is 0 Å². The summed E-state index contributed by atoms with van der Waals surface area (Å²) in [6.07, 6.45) is 2.33. The molecular weight excluding hydrogens is 458 g/mol. The zero-order valence-electron chi connectivity index (χ0n) is 19.2. The number of oxazole rings is 1. The molecule has 0 bridgehead atoms. The summed E-state index contributed by atoms with van der Waals surface area (Å²) >= 11 is 2.89. The molecule has 1 unspecified atom stereocenters. The lowest BCUT2D eigenvalue weighted by molar-refractivity contribution is -0.0722. The molecule has 0 saturated carbocycles. The van der Waals surface area contributed by atoms with Crippen LogP contribution in [0.15, 0.2) is 21.0 Å². The van der Waals surface area contributed by atoms with Crippen molar-refractivity contribution in [2.45, 2.75) is 80.9 Å². The van der Waals surface area contributed by atoms with Gasteiger partial charge in [-0.3, -0.25) is 0 Å². The summed E-state index contributed by atoms with van der Waals surface area (Å²) in [5, 5.41) is 3.58. The maximum Gasteiger partial charge on any atom is 0.410 e. The third-order valence-corrected chi connectivity index (χ3v) is 6.61. The first-order valence-electron chi connectivity index (χ1n) is 10.4. The first-order valence-corrected chi connectivity index (χ1v) is 12.2. The summed E-state index contributed by atoms with van der Waals surface area (Å²) < 4.78 is 40.5. The fraction of sp³-hybridized carbons (Fsp3) is 0.667. The molecule has 11 heteroatoms. The average Bonchev–Trinajstić information content (AvgIpc) is 3.26. The summed E-state index contributed by atoms with van der Waals surface area (Å²) in [7, 11) is 0. The molecule has 1 amide bonds. The number of thioether (sulfide) groups is 1. The van der Waals surface area contributed by atoms with Crippen LogP contribution in [-0.2, 0) is 15.9 Å². The molecular formula is C21H30F2N4O3S2. The predicted octanol–water partition coefficient (Wildman–Crippen LogP) is 5.78. The monoisotopic (exact) mass is 488 g/mol. The molecule has 0 aromatic carbocycles. The van der Waals surface area contributed by atoms with Gasteiger partial charge in [-0.15, -0.1) is 11.8 Å². The highest BCUT2D eigenvalue weighted by Crippen LogP contribution is 2.34. The van der Waals surface area contributed by atoms with Crippen molar-refractivity contribution in [2.75, 3.05) is 18.4 Å². The van der Waals surface area contributed by atoms with Crippen LogP contribution >= 0.6 is 23.1 Å². The maximum absolute atomic E-state index is 14.3. The van der Waals surface area contributed by atoms with E-state index >= 15 is 0 Å². The van der Waals surface area contributed by atoms with Crippen molar-refractivity contribution in [3.05, 3.63) is 24.0 Å². The largest absolute Gasteiger partial charge is 0.444 e. The van der Waals surface area contributed by atoms with Gasteiger partial charge in [0.15, 0.2) is 5.13 Å². The number of halogens is 2. The summed E-state index contributed by atoms with van der Waals surface area (Å²) in [6, 6.07) is -0.628. The van der Waals surface area contributed by atoms with Crippen molar-refractivity contribution in [1.29, 1.82) is 0 Å². The van der Waals surface area contributed by atoms with Gasteiger partial charge in [0, 0.05) is 18.4 Å². The summed E-state index contributed by atoms with van der Waals surface area (Å²) in [5.74, 6) is -1.00. The van der Waals surface area contributed by atoms with Gasteiger partial charge in [0.2, 0.25) is 5.89 Å². The number of aromatic nitrogens is 2. The lowest BCUT2D eigenvalue weighted by Gasteiger charge is -2.38. The Morgan fingerprint density at radius 3 is 2.66 bits per heavy atom. The highest BCUT2D eigenvalue weighted by Gasteiger charge is 2.43.